The summed E-state index contributed by atoms with van der Waals surface area (Å²) >= 11 is 0. The lowest BCUT2D eigenvalue weighted by atomic mass is 9.43. The van der Waals surface area contributed by atoms with Crippen LogP contribution in [-0.4, -0.2) is 223 Å². The molecule has 6 heterocycles. The van der Waals surface area contributed by atoms with Crippen LogP contribution in [0.25, 0.3) is 0 Å². The van der Waals surface area contributed by atoms with Gasteiger partial charge in [0.25, 0.3) is 0 Å². The van der Waals surface area contributed by atoms with E-state index in [1.165, 1.54) is 13.8 Å². The highest BCUT2D eigenvalue weighted by molar-refractivity contribution is 5.79. The second kappa shape index (κ2) is 31.0. The molecule has 2 aromatic rings. The summed E-state index contributed by atoms with van der Waals surface area (Å²) in [5.41, 5.74) is -5.01. The number of hydrogen-bond donors (Lipinski definition) is 6. The molecule has 8 fully saturated rings. The number of aliphatic hydroxyl groups is 4. The predicted molar refractivity (Wildman–Crippen MR) is 398 cm³/mol. The Morgan fingerprint density at radius 3 is 1.33 bits per heavy atom. The van der Waals surface area contributed by atoms with Crippen LogP contribution in [-0.2, 0) is 76.0 Å². The maximum atomic E-state index is 14.2. The number of carbonyl (C=O) groups is 6. The minimum atomic E-state index is -1.90. The minimum absolute atomic E-state index is 0. The number of rotatable bonds is 15. The molecule has 0 spiro atoms. The molecule has 0 unspecified atom stereocenters. The fraction of sp³-hybridized carbons (Fsp3) is 0.728. The van der Waals surface area contributed by atoms with Crippen molar-refractivity contribution < 1.29 is 117 Å². The van der Waals surface area contributed by atoms with E-state index in [2.05, 4.69) is 41.0 Å². The van der Waals surface area contributed by atoms with Gasteiger partial charge in [-0.1, -0.05) is 74.1 Å². The number of likely N-dealkylation sites (N-methyl/N-ethyl adjacent to an activating group) is 1. The van der Waals surface area contributed by atoms with E-state index in [4.69, 9.17) is 56.8 Å². The Labute approximate surface area is 645 Å². The molecule has 110 heavy (non-hydrogen) atoms. The Morgan fingerprint density at radius 1 is 0.618 bits per heavy atom. The van der Waals surface area contributed by atoms with Gasteiger partial charge >= 0.3 is 36.1 Å². The quantitative estimate of drug-likeness (QED) is 0.0580. The standard InChI is InChI=1S/C41H61N3O11.C40H56N2O11.2H2O/c1-21-13-14-25(42-18-21)30(43-36(48)55-37(5,6)7)31(46)35(47)51-26-17-41(49)23(3)33-39(10,16-15-27-40(33,20-50-27)54-24(4)45)34-32(29(22(26)2)38(41,8)9)52-28(53-34)19-44(11)12;1-12-27-50-31-28-21(3)25(49-34(45)30(44)29(24-14-13-20(2)18-41-24)42-35(46)53-36(6,7)8)17-40(47,37(28,9)10)22(4)32-38(11,33(31)51-27)16-15-26-39(32,19-48-26)52-23(5)43;;/h13-14,18,23,26-28,30-34,46,49H,15-17,19-20H2,1-12H3,(H,43,48);12-14,18,22,25-27,29-33,44,47H,1,15-17,19H2,2-11H3,(H,42,46);2*1H2/t23-,26-,27+,28+,30-,31+,32+,33-,34+,39+,40-,41+;22-,25-,26+,27+,29-,30+,31+,32-,33+,38+,39-,40+;;/m00../s1. The SMILES string of the molecule is C=C[C@@H]1O[C@@H]2C3=C(C)[C@@H](OC(=O)[C@H](O)[C@@H](NC(=O)OC(C)(C)C)c4ccc(C)cn4)C[C@@](O)([C@@H](C)[C@H]4[C@@](C)(CC[C@H]5OC[C@]54OC(C)=O)[C@@H]2O1)C3(C)C.CC(=O)O[C@@]12CO[C@@H]1CC[C@@]1(C)[C@@H]3O[C@H](CN(C)C)O[C@@H]3C3=C(C)[C@@H](OC(=O)[C@H](O)[C@@H](NC(=O)OC(C)(C)C)c4ccc(C)cn4)C[C@@](O)([C@@H](C)[C@@H]12)C3(C)C.O.O. The summed E-state index contributed by atoms with van der Waals surface area (Å²) in [6, 6.07) is 4.11. The maximum Gasteiger partial charge on any atom is 0.408 e. The van der Waals surface area contributed by atoms with Crippen molar-refractivity contribution in [1.82, 2.24) is 25.5 Å². The lowest BCUT2D eigenvalue weighted by Crippen LogP contribution is -2.77. The van der Waals surface area contributed by atoms with E-state index in [0.29, 0.717) is 43.4 Å². The van der Waals surface area contributed by atoms with E-state index in [-0.39, 0.29) is 60.6 Å². The summed E-state index contributed by atoms with van der Waals surface area (Å²) in [6.07, 6.45) is -4.67. The Morgan fingerprint density at radius 2 is 1.00 bits per heavy atom. The third kappa shape index (κ3) is 15.2. The predicted octanol–water partition coefficient (Wildman–Crippen LogP) is 7.26. The fourth-order valence-electron chi connectivity index (χ4n) is 20.8. The van der Waals surface area contributed by atoms with Crippen LogP contribution in [0.15, 0.2) is 71.6 Å². The summed E-state index contributed by atoms with van der Waals surface area (Å²) in [7, 11) is 3.88. The van der Waals surface area contributed by atoms with Crippen molar-refractivity contribution in [3.05, 3.63) is 94.1 Å². The van der Waals surface area contributed by atoms with Crippen molar-refractivity contribution in [2.24, 2.45) is 45.3 Å². The van der Waals surface area contributed by atoms with Crippen LogP contribution in [0.2, 0.25) is 0 Å². The van der Waals surface area contributed by atoms with Gasteiger partial charge in [0.05, 0.1) is 48.0 Å². The lowest BCUT2D eigenvalue weighted by Gasteiger charge is -2.68. The summed E-state index contributed by atoms with van der Waals surface area (Å²) < 4.78 is 75.0. The monoisotopic (exact) mass is 1550 g/mol. The van der Waals surface area contributed by atoms with Crippen LogP contribution in [0.3, 0.4) is 0 Å². The highest BCUT2D eigenvalue weighted by Crippen LogP contribution is 2.70. The van der Waals surface area contributed by atoms with Gasteiger partial charge in [0.15, 0.2) is 36.0 Å². The molecular formula is C81H121N5O24. The maximum absolute atomic E-state index is 14.2. The molecule has 0 radical (unpaired) electrons. The van der Waals surface area contributed by atoms with E-state index in [9.17, 15) is 49.2 Å². The number of pyridine rings is 2. The molecule has 10 aliphatic rings. The van der Waals surface area contributed by atoms with Crippen LogP contribution < -0.4 is 10.6 Å². The largest absolute Gasteiger partial charge is 0.456 e. The Hall–Kier alpha value is -6.58. The fourth-order valence-corrected chi connectivity index (χ4v) is 20.8. The topological polar surface area (TPSA) is 410 Å². The van der Waals surface area contributed by atoms with Gasteiger partial charge in [-0.05, 0) is 172 Å². The van der Waals surface area contributed by atoms with E-state index in [0.717, 1.165) is 22.3 Å². The first-order valence-corrected chi connectivity index (χ1v) is 38.0. The number of esters is 4. The zero-order valence-electron chi connectivity index (χ0n) is 68.0. The summed E-state index contributed by atoms with van der Waals surface area (Å²) in [5, 5.41) is 55.1. The van der Waals surface area contributed by atoms with Crippen molar-refractivity contribution in [1.29, 1.82) is 0 Å². The summed E-state index contributed by atoms with van der Waals surface area (Å²) in [4.78, 5) is 90.5. The van der Waals surface area contributed by atoms with E-state index in [1.807, 2.05) is 88.2 Å². The first-order valence-electron chi connectivity index (χ1n) is 38.0. The number of amides is 2. The Bertz CT molecular complexity index is 3850. The third-order valence-corrected chi connectivity index (χ3v) is 25.7. The number of hydrogen-bond acceptors (Lipinski definition) is 25. The lowest BCUT2D eigenvalue weighted by molar-refractivity contribution is -0.337. The number of ether oxygens (including phenoxy) is 12. The molecule has 6 aliphatic carbocycles. The molecule has 12 rings (SSSR count). The molecule has 10 N–H and O–H groups in total. The van der Waals surface area contributed by atoms with E-state index in [1.54, 1.807) is 84.3 Å². The number of aromatic nitrogens is 2. The molecule has 4 saturated carbocycles. The van der Waals surface area contributed by atoms with Gasteiger partial charge in [0.2, 0.25) is 0 Å². The van der Waals surface area contributed by atoms with Crippen LogP contribution in [0.5, 0.6) is 0 Å². The van der Waals surface area contributed by atoms with Gasteiger partial charge in [-0.25, -0.2) is 19.2 Å². The second-order valence-electron chi connectivity index (χ2n) is 36.1. The summed E-state index contributed by atoms with van der Waals surface area (Å²) in [6.45, 7) is 41.3. The number of fused-ring (bicyclic) bond motifs is 16. The van der Waals surface area contributed by atoms with Gasteiger partial charge in [-0.3, -0.25) is 19.6 Å². The van der Waals surface area contributed by atoms with Crippen LogP contribution >= 0.6 is 0 Å². The molecule has 29 nitrogen and oxygen atoms in total. The second-order valence-corrected chi connectivity index (χ2v) is 36.1. The first-order chi connectivity index (χ1) is 50.0. The van der Waals surface area contributed by atoms with Gasteiger partial charge in [-0.2, -0.15) is 0 Å². The van der Waals surface area contributed by atoms with Gasteiger partial charge in [0.1, 0.15) is 59.9 Å². The van der Waals surface area contributed by atoms with Crippen LogP contribution in [0.1, 0.15) is 198 Å². The number of carbonyl (C=O) groups excluding carboxylic acids is 6. The average molecular weight is 1550 g/mol. The Kier molecular flexibility index (Phi) is 24.6. The van der Waals surface area contributed by atoms with Crippen LogP contribution in [0.4, 0.5) is 9.59 Å². The average Bonchev–Trinajstić information content (AvgIpc) is 1.09. The number of nitrogens with zero attached hydrogens (tertiary/aromatic N) is 3. The molecule has 2 amide bonds. The Balaban J connectivity index is 0.000000249. The highest BCUT2D eigenvalue weighted by Gasteiger charge is 2.77. The van der Waals surface area contributed by atoms with Crippen LogP contribution in [0, 0.1) is 59.2 Å². The minimum Gasteiger partial charge on any atom is -0.456 e. The van der Waals surface area contributed by atoms with Gasteiger partial charge < -0.3 is 104 Å². The van der Waals surface area contributed by atoms with Crippen molar-refractivity contribution in [3.63, 3.8) is 0 Å². The molecule has 4 bridgehead atoms. The molecule has 29 heteroatoms. The van der Waals surface area contributed by atoms with E-state index < -0.39 is 188 Å². The normalized spacial score (nSPS) is 37.2. The van der Waals surface area contributed by atoms with E-state index >= 15 is 0 Å². The molecule has 0 aromatic carbocycles. The van der Waals surface area contributed by atoms with Crippen molar-refractivity contribution in [2.75, 3.05) is 33.9 Å². The van der Waals surface area contributed by atoms with Crippen molar-refractivity contribution >= 4 is 36.1 Å². The molecule has 4 saturated heterocycles. The summed E-state index contributed by atoms with van der Waals surface area (Å²) in [5.74, 6) is -4.89. The molecule has 2 aromatic heterocycles. The number of aliphatic hydroxyl groups excluding tert-OH is 2. The van der Waals surface area contributed by atoms with Crippen molar-refractivity contribution in [2.45, 2.75) is 296 Å². The molecule has 4 aliphatic heterocycles. The smallest absolute Gasteiger partial charge is 0.408 e. The van der Waals surface area contributed by atoms with Gasteiger partial charge in [-0.15, -0.1) is 0 Å². The molecule has 614 valence electrons. The van der Waals surface area contributed by atoms with Gasteiger partial charge in [0, 0.05) is 79.1 Å². The zero-order chi connectivity index (χ0) is 79.7. The molecular weight excluding hydrogens is 1430 g/mol. The number of alkyl carbamates (subject to hydrolysis) is 2. The number of aryl methyl sites for hydroxylation is 2. The zero-order valence-corrected chi connectivity index (χ0v) is 68.0. The third-order valence-electron chi connectivity index (χ3n) is 25.7. The molecule has 24 atom stereocenters. The van der Waals surface area contributed by atoms with Crippen molar-refractivity contribution in [3.8, 4) is 0 Å². The number of nitrogens with one attached hydrogen (secondary N) is 2. The first kappa shape index (κ1) is 87.4. The highest BCUT2D eigenvalue weighted by atomic mass is 16.7.